The fourth-order valence-corrected chi connectivity index (χ4v) is 3.48. The van der Waals surface area contributed by atoms with Gasteiger partial charge in [-0.15, -0.1) is 0 Å². The van der Waals surface area contributed by atoms with Crippen molar-refractivity contribution in [3.8, 4) is 22.4 Å². The Labute approximate surface area is 150 Å². The normalized spacial score (nSPS) is 11.1. The van der Waals surface area contributed by atoms with E-state index in [9.17, 15) is 0 Å². The van der Waals surface area contributed by atoms with E-state index in [1.54, 1.807) is 0 Å². The molecule has 0 aliphatic carbocycles. The Morgan fingerprint density at radius 2 is 1.29 bits per heavy atom. The van der Waals surface area contributed by atoms with Gasteiger partial charge < -0.3 is 4.98 Å². The van der Waals surface area contributed by atoms with Crippen LogP contribution in [0.5, 0.6) is 0 Å². The highest BCUT2D eigenvalue weighted by atomic mass is 79.9. The van der Waals surface area contributed by atoms with Crippen LogP contribution in [0.25, 0.3) is 33.3 Å². The summed E-state index contributed by atoms with van der Waals surface area (Å²) < 4.78 is 1.10. The van der Waals surface area contributed by atoms with Crippen molar-refractivity contribution >= 4 is 26.8 Å². The Kier molecular flexibility index (Phi) is 3.78. The summed E-state index contributed by atoms with van der Waals surface area (Å²) in [5, 5.41) is 1.24. The molecule has 118 valence electrons. The molecular formula is C22H18BrN. The smallest absolute Gasteiger partial charge is 0.0544 e. The fourth-order valence-electron chi connectivity index (χ4n) is 3.12. The standard InChI is InChI=1S/C22H18BrN/c1-14-3-7-16(8-4-14)21-19-13-18(23)11-12-20(19)24-22(21)17-9-5-15(2)6-10-17/h3-13,24H,1-2H3. The zero-order chi connectivity index (χ0) is 16.7. The second kappa shape index (κ2) is 5.95. The van der Waals surface area contributed by atoms with Gasteiger partial charge in [-0.25, -0.2) is 0 Å². The molecule has 0 saturated heterocycles. The molecule has 2 heteroatoms. The summed E-state index contributed by atoms with van der Waals surface area (Å²) in [5.41, 5.74) is 8.58. The molecule has 4 rings (SSSR count). The van der Waals surface area contributed by atoms with E-state index in [-0.39, 0.29) is 0 Å². The Balaban J connectivity index is 2.03. The second-order valence-corrected chi connectivity index (χ2v) is 7.21. The number of H-pyrrole nitrogens is 1. The first-order valence-electron chi connectivity index (χ1n) is 8.07. The summed E-state index contributed by atoms with van der Waals surface area (Å²) in [5.74, 6) is 0. The molecule has 0 bridgehead atoms. The molecule has 0 fully saturated rings. The highest BCUT2D eigenvalue weighted by Gasteiger charge is 2.15. The molecule has 0 atom stereocenters. The van der Waals surface area contributed by atoms with Crippen molar-refractivity contribution in [2.45, 2.75) is 13.8 Å². The topological polar surface area (TPSA) is 15.8 Å². The van der Waals surface area contributed by atoms with E-state index in [1.165, 1.54) is 38.9 Å². The largest absolute Gasteiger partial charge is 0.354 e. The first-order valence-corrected chi connectivity index (χ1v) is 8.86. The highest BCUT2D eigenvalue weighted by Crippen LogP contribution is 2.39. The lowest BCUT2D eigenvalue weighted by Crippen LogP contribution is -1.84. The number of aromatic amines is 1. The summed E-state index contributed by atoms with van der Waals surface area (Å²) in [6.07, 6.45) is 0. The molecule has 0 radical (unpaired) electrons. The van der Waals surface area contributed by atoms with Crippen LogP contribution in [0.2, 0.25) is 0 Å². The molecule has 0 spiro atoms. The number of halogens is 1. The zero-order valence-electron chi connectivity index (χ0n) is 13.7. The number of aryl methyl sites for hydroxylation is 2. The van der Waals surface area contributed by atoms with Gasteiger partial charge in [0, 0.05) is 20.9 Å². The molecule has 0 amide bonds. The molecule has 0 saturated carbocycles. The molecule has 1 heterocycles. The summed E-state index contributed by atoms with van der Waals surface area (Å²) in [6.45, 7) is 4.24. The molecule has 0 aliphatic rings. The maximum Gasteiger partial charge on any atom is 0.0544 e. The van der Waals surface area contributed by atoms with E-state index in [0.717, 1.165) is 9.99 Å². The number of aromatic nitrogens is 1. The molecule has 3 aromatic carbocycles. The molecular weight excluding hydrogens is 358 g/mol. The van der Waals surface area contributed by atoms with Crippen molar-refractivity contribution in [3.05, 3.63) is 82.3 Å². The summed E-state index contributed by atoms with van der Waals surface area (Å²) in [7, 11) is 0. The van der Waals surface area contributed by atoms with E-state index in [4.69, 9.17) is 0 Å². The Morgan fingerprint density at radius 1 is 0.708 bits per heavy atom. The Morgan fingerprint density at radius 3 is 1.92 bits per heavy atom. The minimum absolute atomic E-state index is 1.10. The van der Waals surface area contributed by atoms with Gasteiger partial charge >= 0.3 is 0 Å². The van der Waals surface area contributed by atoms with E-state index in [0.29, 0.717) is 0 Å². The van der Waals surface area contributed by atoms with Crippen molar-refractivity contribution in [2.24, 2.45) is 0 Å². The SMILES string of the molecule is Cc1ccc(-c2[nH]c3ccc(Br)cc3c2-c2ccc(C)cc2)cc1. The number of fused-ring (bicyclic) bond motifs is 1. The molecule has 4 aromatic rings. The monoisotopic (exact) mass is 375 g/mol. The third kappa shape index (κ3) is 2.67. The molecule has 0 aliphatic heterocycles. The van der Waals surface area contributed by atoms with Crippen LogP contribution in [0, 0.1) is 13.8 Å². The van der Waals surface area contributed by atoms with Gasteiger partial charge in [0.1, 0.15) is 0 Å². The predicted molar refractivity (Wildman–Crippen MR) is 106 cm³/mol. The van der Waals surface area contributed by atoms with E-state index >= 15 is 0 Å². The van der Waals surface area contributed by atoms with Crippen LogP contribution in [0.4, 0.5) is 0 Å². The van der Waals surface area contributed by atoms with Gasteiger partial charge in [-0.05, 0) is 43.2 Å². The zero-order valence-corrected chi connectivity index (χ0v) is 15.3. The maximum atomic E-state index is 3.62. The summed E-state index contributed by atoms with van der Waals surface area (Å²) in [4.78, 5) is 3.62. The van der Waals surface area contributed by atoms with Crippen molar-refractivity contribution in [2.75, 3.05) is 0 Å². The lowest BCUT2D eigenvalue weighted by molar-refractivity contribution is 1.42. The average molecular weight is 376 g/mol. The predicted octanol–water partition coefficient (Wildman–Crippen LogP) is 6.88. The third-order valence-electron chi connectivity index (χ3n) is 4.44. The molecule has 1 nitrogen and oxygen atoms in total. The van der Waals surface area contributed by atoms with Crippen LogP contribution in [-0.4, -0.2) is 4.98 Å². The first kappa shape index (κ1) is 15.2. The second-order valence-electron chi connectivity index (χ2n) is 6.30. The van der Waals surface area contributed by atoms with Crippen molar-refractivity contribution < 1.29 is 0 Å². The van der Waals surface area contributed by atoms with Gasteiger partial charge in [0.2, 0.25) is 0 Å². The van der Waals surface area contributed by atoms with Gasteiger partial charge in [0.25, 0.3) is 0 Å². The first-order chi connectivity index (χ1) is 11.6. The minimum Gasteiger partial charge on any atom is -0.354 e. The Hall–Kier alpha value is -2.32. The molecule has 0 unspecified atom stereocenters. The van der Waals surface area contributed by atoms with Crippen LogP contribution >= 0.6 is 15.9 Å². The Bertz CT molecular complexity index is 1010. The summed E-state index contributed by atoms with van der Waals surface area (Å²) >= 11 is 3.61. The number of benzene rings is 3. The quantitative estimate of drug-likeness (QED) is 0.392. The summed E-state index contributed by atoms with van der Waals surface area (Å²) in [6, 6.07) is 23.9. The van der Waals surface area contributed by atoms with E-state index in [1.807, 2.05) is 0 Å². The minimum atomic E-state index is 1.10. The average Bonchev–Trinajstić information content (AvgIpc) is 2.95. The van der Waals surface area contributed by atoms with Crippen LogP contribution in [0.15, 0.2) is 71.2 Å². The van der Waals surface area contributed by atoms with Gasteiger partial charge in [-0.2, -0.15) is 0 Å². The van der Waals surface area contributed by atoms with Crippen molar-refractivity contribution in [3.63, 3.8) is 0 Å². The highest BCUT2D eigenvalue weighted by molar-refractivity contribution is 9.10. The van der Waals surface area contributed by atoms with Crippen LogP contribution in [0.1, 0.15) is 11.1 Å². The van der Waals surface area contributed by atoms with Crippen LogP contribution in [0.3, 0.4) is 0 Å². The lowest BCUT2D eigenvalue weighted by atomic mass is 9.97. The number of rotatable bonds is 2. The van der Waals surface area contributed by atoms with Crippen molar-refractivity contribution in [1.82, 2.24) is 4.98 Å². The number of hydrogen-bond acceptors (Lipinski definition) is 0. The fraction of sp³-hybridized carbons (Fsp3) is 0.0909. The molecule has 1 N–H and O–H groups in total. The van der Waals surface area contributed by atoms with Gasteiger partial charge in [-0.1, -0.05) is 75.6 Å². The lowest BCUT2D eigenvalue weighted by Gasteiger charge is -2.07. The maximum absolute atomic E-state index is 3.62. The number of nitrogens with one attached hydrogen (secondary N) is 1. The molecule has 24 heavy (non-hydrogen) atoms. The van der Waals surface area contributed by atoms with Crippen LogP contribution < -0.4 is 0 Å². The third-order valence-corrected chi connectivity index (χ3v) is 4.93. The molecule has 1 aromatic heterocycles. The van der Waals surface area contributed by atoms with Gasteiger partial charge in [-0.3, -0.25) is 0 Å². The van der Waals surface area contributed by atoms with Crippen LogP contribution in [-0.2, 0) is 0 Å². The van der Waals surface area contributed by atoms with Gasteiger partial charge in [0.05, 0.1) is 5.69 Å². The van der Waals surface area contributed by atoms with Gasteiger partial charge in [0.15, 0.2) is 0 Å². The van der Waals surface area contributed by atoms with E-state index < -0.39 is 0 Å². The van der Waals surface area contributed by atoms with E-state index in [2.05, 4.69) is 101 Å². The number of hydrogen-bond donors (Lipinski definition) is 1. The van der Waals surface area contributed by atoms with Crippen molar-refractivity contribution in [1.29, 1.82) is 0 Å².